The van der Waals surface area contributed by atoms with Gasteiger partial charge in [-0.1, -0.05) is 44.2 Å². The van der Waals surface area contributed by atoms with Gasteiger partial charge in [0.15, 0.2) is 0 Å². The van der Waals surface area contributed by atoms with Crippen molar-refractivity contribution in [2.75, 3.05) is 19.6 Å². The average molecular weight is 400 g/mol. The molecule has 158 valence electrons. The highest BCUT2D eigenvalue weighted by molar-refractivity contribution is 5.78. The van der Waals surface area contributed by atoms with Crippen molar-refractivity contribution < 1.29 is 9.90 Å². The number of nitrogens with zero attached hydrogens (tertiary/aromatic N) is 3. The molecule has 29 heavy (non-hydrogen) atoms. The van der Waals surface area contributed by atoms with E-state index in [1.54, 1.807) is 0 Å². The Balaban J connectivity index is 1.46. The molecule has 1 aliphatic heterocycles. The minimum atomic E-state index is -0.982. The summed E-state index contributed by atoms with van der Waals surface area (Å²) < 4.78 is 3.25. The van der Waals surface area contributed by atoms with E-state index in [0.717, 1.165) is 42.9 Å². The summed E-state index contributed by atoms with van der Waals surface area (Å²) in [5.41, 5.74) is 1.39. The molecule has 1 aromatic carbocycles. The maximum absolute atomic E-state index is 13.0. The van der Waals surface area contributed by atoms with Crippen molar-refractivity contribution in [1.82, 2.24) is 14.0 Å². The second-order valence-corrected chi connectivity index (χ2v) is 8.86. The van der Waals surface area contributed by atoms with Crippen LogP contribution in [0.25, 0.3) is 11.0 Å². The van der Waals surface area contributed by atoms with E-state index in [0.29, 0.717) is 0 Å². The number of aliphatic carboxylic acids is 1. The predicted molar refractivity (Wildman–Crippen MR) is 114 cm³/mol. The third kappa shape index (κ3) is 4.58. The van der Waals surface area contributed by atoms with Crippen LogP contribution in [0.2, 0.25) is 0 Å². The molecule has 0 amide bonds. The lowest BCUT2D eigenvalue weighted by Crippen LogP contribution is -2.40. The quantitative estimate of drug-likeness (QED) is 0.828. The third-order valence-electron chi connectivity index (χ3n) is 6.83. The van der Waals surface area contributed by atoms with Crippen LogP contribution in [-0.2, 0) is 11.3 Å². The molecule has 0 radical (unpaired) electrons. The van der Waals surface area contributed by atoms with Gasteiger partial charge in [-0.15, -0.1) is 0 Å². The van der Waals surface area contributed by atoms with E-state index in [4.69, 9.17) is 0 Å². The number of hydrogen-bond acceptors (Lipinski definition) is 3. The van der Waals surface area contributed by atoms with Gasteiger partial charge in [-0.05, 0) is 43.7 Å². The maximum atomic E-state index is 13.0. The molecule has 0 atom stereocenters. The van der Waals surface area contributed by atoms with Gasteiger partial charge in [0.2, 0.25) is 0 Å². The van der Waals surface area contributed by atoms with Gasteiger partial charge in [-0.2, -0.15) is 0 Å². The molecule has 1 aliphatic carbocycles. The van der Waals surface area contributed by atoms with Gasteiger partial charge in [0.05, 0.1) is 11.0 Å². The highest BCUT2D eigenvalue weighted by Crippen LogP contribution is 2.28. The van der Waals surface area contributed by atoms with Gasteiger partial charge < -0.3 is 10.0 Å². The lowest BCUT2D eigenvalue weighted by Gasteiger charge is -2.35. The Morgan fingerprint density at radius 1 is 0.931 bits per heavy atom. The van der Waals surface area contributed by atoms with Crippen LogP contribution in [0.15, 0.2) is 29.1 Å². The molecule has 2 aromatic rings. The van der Waals surface area contributed by atoms with Crippen LogP contribution in [0.5, 0.6) is 0 Å². The normalized spacial score (nSPS) is 20.6. The van der Waals surface area contributed by atoms with Gasteiger partial charge in [-0.3, -0.25) is 13.9 Å². The number of rotatable bonds is 5. The number of likely N-dealkylation sites (tertiary alicyclic amines) is 1. The zero-order valence-electron chi connectivity index (χ0n) is 17.3. The monoisotopic (exact) mass is 399 g/mol. The SMILES string of the molecule is O=C(O)Cn1c(=O)n(C2CCN(CC3CCCCCCC3)CC2)c2ccccc21. The smallest absolute Gasteiger partial charge is 0.329 e. The summed E-state index contributed by atoms with van der Waals surface area (Å²) in [5, 5.41) is 9.22. The van der Waals surface area contributed by atoms with Crippen LogP contribution in [-0.4, -0.2) is 44.7 Å². The van der Waals surface area contributed by atoms with Crippen LogP contribution in [0.4, 0.5) is 0 Å². The molecular formula is C23H33N3O3. The van der Waals surface area contributed by atoms with Gasteiger partial charge >= 0.3 is 11.7 Å². The number of imidazole rings is 1. The fourth-order valence-corrected chi connectivity index (χ4v) is 5.32. The molecule has 0 unspecified atom stereocenters. The molecule has 0 bridgehead atoms. The van der Waals surface area contributed by atoms with Crippen molar-refractivity contribution in [2.24, 2.45) is 5.92 Å². The van der Waals surface area contributed by atoms with Crippen molar-refractivity contribution in [3.63, 3.8) is 0 Å². The molecule has 2 aliphatic rings. The maximum Gasteiger partial charge on any atom is 0.329 e. The van der Waals surface area contributed by atoms with E-state index in [1.165, 1.54) is 56.1 Å². The molecule has 1 saturated heterocycles. The van der Waals surface area contributed by atoms with Crippen molar-refractivity contribution in [3.05, 3.63) is 34.7 Å². The third-order valence-corrected chi connectivity index (χ3v) is 6.83. The summed E-state index contributed by atoms with van der Waals surface area (Å²) in [7, 11) is 0. The molecule has 1 aromatic heterocycles. The molecule has 1 saturated carbocycles. The molecular weight excluding hydrogens is 366 g/mol. The first kappa shape index (κ1) is 20.2. The minimum absolute atomic E-state index is 0.149. The lowest BCUT2D eigenvalue weighted by molar-refractivity contribution is -0.137. The van der Waals surface area contributed by atoms with Gasteiger partial charge in [0, 0.05) is 25.7 Å². The standard InChI is InChI=1S/C23H33N3O3/c27-22(28)17-25-20-10-6-7-11-21(20)26(23(25)29)19-12-14-24(15-13-19)16-18-8-4-2-1-3-5-9-18/h6-7,10-11,18-19H,1-5,8-9,12-17H2,(H,27,28). The number of hydrogen-bond donors (Lipinski definition) is 1. The zero-order valence-corrected chi connectivity index (χ0v) is 17.3. The van der Waals surface area contributed by atoms with E-state index in [-0.39, 0.29) is 18.3 Å². The fraction of sp³-hybridized carbons (Fsp3) is 0.652. The van der Waals surface area contributed by atoms with E-state index >= 15 is 0 Å². The Labute approximate surface area is 172 Å². The fourth-order valence-electron chi connectivity index (χ4n) is 5.32. The number of benzene rings is 1. The molecule has 4 rings (SSSR count). The predicted octanol–water partition coefficient (Wildman–Crippen LogP) is 3.89. The Kier molecular flexibility index (Phi) is 6.38. The molecule has 2 heterocycles. The first-order valence-corrected chi connectivity index (χ1v) is 11.3. The van der Waals surface area contributed by atoms with Crippen molar-refractivity contribution >= 4 is 17.0 Å². The first-order chi connectivity index (χ1) is 14.1. The number of carbonyl (C=O) groups is 1. The summed E-state index contributed by atoms with van der Waals surface area (Å²) in [6.45, 7) is 2.95. The molecule has 2 fully saturated rings. The van der Waals surface area contributed by atoms with Crippen LogP contribution >= 0.6 is 0 Å². The Hall–Kier alpha value is -2.08. The summed E-state index contributed by atoms with van der Waals surface area (Å²) >= 11 is 0. The lowest BCUT2D eigenvalue weighted by atomic mass is 9.90. The number of piperidine rings is 1. The van der Waals surface area contributed by atoms with E-state index in [9.17, 15) is 14.7 Å². The van der Waals surface area contributed by atoms with Gasteiger partial charge in [0.1, 0.15) is 6.54 Å². The molecule has 6 nitrogen and oxygen atoms in total. The second-order valence-electron chi connectivity index (χ2n) is 8.86. The summed E-state index contributed by atoms with van der Waals surface area (Å²) in [6.07, 6.45) is 11.6. The number of fused-ring (bicyclic) bond motifs is 1. The van der Waals surface area contributed by atoms with Gasteiger partial charge in [0.25, 0.3) is 0 Å². The molecule has 0 spiro atoms. The largest absolute Gasteiger partial charge is 0.480 e. The van der Waals surface area contributed by atoms with Crippen LogP contribution in [0.1, 0.15) is 63.8 Å². The Bertz CT molecular complexity index is 884. The first-order valence-electron chi connectivity index (χ1n) is 11.3. The van der Waals surface area contributed by atoms with Crippen LogP contribution in [0.3, 0.4) is 0 Å². The van der Waals surface area contributed by atoms with Crippen molar-refractivity contribution in [1.29, 1.82) is 0 Å². The van der Waals surface area contributed by atoms with Crippen LogP contribution in [0, 0.1) is 5.92 Å². The topological polar surface area (TPSA) is 67.5 Å². The minimum Gasteiger partial charge on any atom is -0.480 e. The number of aromatic nitrogens is 2. The van der Waals surface area contributed by atoms with E-state index < -0.39 is 5.97 Å². The van der Waals surface area contributed by atoms with E-state index in [1.807, 2.05) is 28.8 Å². The van der Waals surface area contributed by atoms with Gasteiger partial charge in [-0.25, -0.2) is 4.79 Å². The summed E-state index contributed by atoms with van der Waals surface area (Å²) in [5.74, 6) is -0.156. The summed E-state index contributed by atoms with van der Waals surface area (Å²) in [4.78, 5) is 26.9. The zero-order chi connectivity index (χ0) is 20.2. The second kappa shape index (κ2) is 9.16. The average Bonchev–Trinajstić information content (AvgIpc) is 2.96. The molecule has 1 N–H and O–H groups in total. The number of para-hydroxylation sites is 2. The van der Waals surface area contributed by atoms with Crippen molar-refractivity contribution in [2.45, 2.75) is 70.4 Å². The Morgan fingerprint density at radius 3 is 2.21 bits per heavy atom. The van der Waals surface area contributed by atoms with Crippen LogP contribution < -0.4 is 5.69 Å². The van der Waals surface area contributed by atoms with E-state index in [2.05, 4.69) is 4.90 Å². The van der Waals surface area contributed by atoms with Crippen molar-refractivity contribution in [3.8, 4) is 0 Å². The number of carboxylic acid groups (broad SMARTS) is 1. The Morgan fingerprint density at radius 2 is 1.55 bits per heavy atom. The molecule has 6 heteroatoms. The number of carboxylic acids is 1. The summed E-state index contributed by atoms with van der Waals surface area (Å²) in [6, 6.07) is 7.72. The highest BCUT2D eigenvalue weighted by Gasteiger charge is 2.26. The highest BCUT2D eigenvalue weighted by atomic mass is 16.4.